The summed E-state index contributed by atoms with van der Waals surface area (Å²) < 4.78 is 7.10. The van der Waals surface area contributed by atoms with Gasteiger partial charge in [-0.15, -0.1) is 0 Å². The molecule has 0 saturated carbocycles. The molecule has 0 aromatic carbocycles. The minimum atomic E-state index is -0.244. The molecule has 10 heteroatoms. The Morgan fingerprint density at radius 2 is 2.09 bits per heavy atom. The van der Waals surface area contributed by atoms with E-state index in [4.69, 9.17) is 4.74 Å². The van der Waals surface area contributed by atoms with Crippen LogP contribution in [0.1, 0.15) is 23.2 Å². The van der Waals surface area contributed by atoms with Crippen LogP contribution in [0.4, 0.5) is 11.6 Å². The number of hydrogen-bond acceptors (Lipinski definition) is 7. The average Bonchev–Trinajstić information content (AvgIpc) is 3.49. The Morgan fingerprint density at radius 1 is 1.18 bits per heavy atom. The molecule has 6 rings (SSSR count). The van der Waals surface area contributed by atoms with Crippen LogP contribution in [-0.4, -0.2) is 54.7 Å². The number of ether oxygens (including phenoxy) is 1. The summed E-state index contributed by atoms with van der Waals surface area (Å²) in [6, 6.07) is 7.79. The van der Waals surface area contributed by atoms with Crippen LogP contribution < -0.4 is 10.6 Å². The molecular weight excluding hydrogens is 432 g/mol. The molecule has 170 valence electrons. The highest BCUT2D eigenvalue weighted by atomic mass is 16.5. The van der Waals surface area contributed by atoms with Crippen LogP contribution in [0.15, 0.2) is 61.4 Å². The van der Waals surface area contributed by atoms with Crippen LogP contribution in [0.2, 0.25) is 0 Å². The molecule has 0 radical (unpaired) electrons. The number of nitrogens with one attached hydrogen (secondary N) is 3. The van der Waals surface area contributed by atoms with Gasteiger partial charge in [0.05, 0.1) is 29.2 Å². The second-order valence-electron chi connectivity index (χ2n) is 8.19. The van der Waals surface area contributed by atoms with Gasteiger partial charge in [-0.2, -0.15) is 10.1 Å². The molecule has 3 N–H and O–H groups in total. The van der Waals surface area contributed by atoms with Gasteiger partial charge in [0.25, 0.3) is 5.91 Å². The van der Waals surface area contributed by atoms with Gasteiger partial charge in [0.1, 0.15) is 5.65 Å². The number of aromatic nitrogens is 6. The number of aromatic amines is 1. The molecule has 6 heterocycles. The Bertz CT molecular complexity index is 1470. The van der Waals surface area contributed by atoms with E-state index in [2.05, 4.69) is 35.7 Å². The summed E-state index contributed by atoms with van der Waals surface area (Å²) in [4.78, 5) is 29.3. The molecule has 10 nitrogen and oxygen atoms in total. The van der Waals surface area contributed by atoms with E-state index in [9.17, 15) is 4.79 Å². The minimum absolute atomic E-state index is 0.244. The van der Waals surface area contributed by atoms with Crippen LogP contribution in [0.3, 0.4) is 0 Å². The Hall–Kier alpha value is -4.31. The highest BCUT2D eigenvalue weighted by Crippen LogP contribution is 2.29. The molecule has 5 aromatic rings. The Kier molecular flexibility index (Phi) is 5.11. The van der Waals surface area contributed by atoms with E-state index in [-0.39, 0.29) is 5.91 Å². The number of pyridine rings is 2. The molecule has 0 atom stereocenters. The second kappa shape index (κ2) is 8.56. The number of amides is 1. The number of carbonyl (C=O) groups is 1. The first-order valence-electron chi connectivity index (χ1n) is 11.1. The molecule has 1 aliphatic heterocycles. The summed E-state index contributed by atoms with van der Waals surface area (Å²) in [5.41, 5.74) is 4.44. The standard InChI is InChI=1S/C24H22N8O2/c33-23(29-17-2-1-6-25-11-17)20-14-28-32-7-3-15(10-21(20)32)18-12-26-22-19(18)13-27-24(31-22)30-16-4-8-34-9-5-16/h1-3,6-7,10-14,16H,4-5,8-9H2,(H,29,33)(H2,26,27,30,31). The van der Waals surface area contributed by atoms with Gasteiger partial charge < -0.3 is 20.4 Å². The van der Waals surface area contributed by atoms with E-state index >= 15 is 0 Å². The molecule has 0 bridgehead atoms. The monoisotopic (exact) mass is 454 g/mol. The van der Waals surface area contributed by atoms with Crippen LogP contribution in [0.25, 0.3) is 27.7 Å². The van der Waals surface area contributed by atoms with E-state index in [0.717, 1.165) is 48.2 Å². The lowest BCUT2D eigenvalue weighted by atomic mass is 10.1. The highest BCUT2D eigenvalue weighted by molar-refractivity contribution is 6.09. The SMILES string of the molecule is O=C(Nc1cccnc1)c1cnn2ccc(-c3c[nH]c4nc(NC5CCOCC5)ncc34)cc12. The maximum absolute atomic E-state index is 12.9. The van der Waals surface area contributed by atoms with Crippen molar-refractivity contribution in [2.45, 2.75) is 18.9 Å². The van der Waals surface area contributed by atoms with Crippen LogP contribution in [-0.2, 0) is 4.74 Å². The third-order valence-electron chi connectivity index (χ3n) is 5.98. The lowest BCUT2D eigenvalue weighted by molar-refractivity contribution is 0.0903. The largest absolute Gasteiger partial charge is 0.381 e. The molecule has 1 amide bonds. The zero-order chi connectivity index (χ0) is 22.9. The van der Waals surface area contributed by atoms with Gasteiger partial charge >= 0.3 is 0 Å². The Labute approximate surface area is 194 Å². The summed E-state index contributed by atoms with van der Waals surface area (Å²) in [6.45, 7) is 1.51. The molecular formula is C24H22N8O2. The lowest BCUT2D eigenvalue weighted by Crippen LogP contribution is -2.28. The van der Waals surface area contributed by atoms with E-state index in [1.807, 2.05) is 30.7 Å². The number of anilines is 2. The van der Waals surface area contributed by atoms with Crippen molar-refractivity contribution in [3.63, 3.8) is 0 Å². The first-order chi connectivity index (χ1) is 16.7. The third-order valence-corrected chi connectivity index (χ3v) is 5.98. The molecule has 34 heavy (non-hydrogen) atoms. The van der Waals surface area contributed by atoms with Crippen LogP contribution in [0, 0.1) is 0 Å². The van der Waals surface area contributed by atoms with Gasteiger partial charge in [0.2, 0.25) is 5.95 Å². The van der Waals surface area contributed by atoms with Crippen LogP contribution >= 0.6 is 0 Å². The number of carbonyl (C=O) groups excluding carboxylic acids is 1. The Morgan fingerprint density at radius 3 is 2.94 bits per heavy atom. The number of fused-ring (bicyclic) bond motifs is 2. The molecule has 1 fully saturated rings. The maximum Gasteiger partial charge on any atom is 0.259 e. The first kappa shape index (κ1) is 20.3. The van der Waals surface area contributed by atoms with Crippen molar-refractivity contribution in [1.82, 2.24) is 29.5 Å². The fraction of sp³-hybridized carbons (Fsp3) is 0.208. The summed E-state index contributed by atoms with van der Waals surface area (Å²) in [7, 11) is 0. The smallest absolute Gasteiger partial charge is 0.259 e. The van der Waals surface area contributed by atoms with Gasteiger partial charge in [0, 0.05) is 55.0 Å². The van der Waals surface area contributed by atoms with Gasteiger partial charge in [-0.1, -0.05) is 0 Å². The lowest BCUT2D eigenvalue weighted by Gasteiger charge is -2.22. The second-order valence-corrected chi connectivity index (χ2v) is 8.19. The summed E-state index contributed by atoms with van der Waals surface area (Å²) in [5.74, 6) is 0.361. The molecule has 1 saturated heterocycles. The minimum Gasteiger partial charge on any atom is -0.381 e. The predicted octanol–water partition coefficient (Wildman–Crippen LogP) is 3.51. The quantitative estimate of drug-likeness (QED) is 0.371. The topological polar surface area (TPSA) is 122 Å². The Balaban J connectivity index is 1.30. The van der Waals surface area contributed by atoms with Crippen molar-refractivity contribution in [2.75, 3.05) is 23.8 Å². The first-order valence-corrected chi connectivity index (χ1v) is 11.1. The van der Waals surface area contributed by atoms with Crippen LogP contribution in [0.5, 0.6) is 0 Å². The zero-order valence-electron chi connectivity index (χ0n) is 18.2. The summed E-state index contributed by atoms with van der Waals surface area (Å²) >= 11 is 0. The van der Waals surface area contributed by atoms with Crippen molar-refractivity contribution in [3.8, 4) is 11.1 Å². The highest BCUT2D eigenvalue weighted by Gasteiger charge is 2.17. The van der Waals surface area contributed by atoms with Gasteiger partial charge in [0.15, 0.2) is 0 Å². The molecule has 5 aromatic heterocycles. The molecule has 1 aliphatic rings. The zero-order valence-corrected chi connectivity index (χ0v) is 18.2. The van der Waals surface area contributed by atoms with Crippen molar-refractivity contribution in [1.29, 1.82) is 0 Å². The predicted molar refractivity (Wildman–Crippen MR) is 128 cm³/mol. The van der Waals surface area contributed by atoms with Crippen molar-refractivity contribution >= 4 is 34.1 Å². The molecule has 0 spiro atoms. The van der Waals surface area contributed by atoms with E-state index in [1.54, 1.807) is 35.2 Å². The maximum atomic E-state index is 12.9. The molecule has 0 aliphatic carbocycles. The van der Waals surface area contributed by atoms with E-state index in [0.29, 0.717) is 28.8 Å². The fourth-order valence-corrected chi connectivity index (χ4v) is 4.20. The van der Waals surface area contributed by atoms with Gasteiger partial charge in [-0.05, 0) is 42.7 Å². The van der Waals surface area contributed by atoms with Gasteiger partial charge in [-0.3, -0.25) is 9.78 Å². The summed E-state index contributed by atoms with van der Waals surface area (Å²) in [6.07, 6.45) is 12.3. The number of rotatable bonds is 5. The number of nitrogens with zero attached hydrogens (tertiary/aromatic N) is 5. The summed E-state index contributed by atoms with van der Waals surface area (Å²) in [5, 5.41) is 11.5. The molecule has 0 unspecified atom stereocenters. The van der Waals surface area contributed by atoms with Crippen molar-refractivity contribution in [2.24, 2.45) is 0 Å². The fourth-order valence-electron chi connectivity index (χ4n) is 4.20. The van der Waals surface area contributed by atoms with E-state index < -0.39 is 0 Å². The number of hydrogen-bond donors (Lipinski definition) is 3. The number of H-pyrrole nitrogens is 1. The average molecular weight is 454 g/mol. The third kappa shape index (κ3) is 3.84. The normalized spacial score (nSPS) is 14.5. The van der Waals surface area contributed by atoms with Crippen molar-refractivity contribution in [3.05, 3.63) is 67.0 Å². The van der Waals surface area contributed by atoms with E-state index in [1.165, 1.54) is 0 Å². The van der Waals surface area contributed by atoms with Gasteiger partial charge in [-0.25, -0.2) is 9.50 Å². The van der Waals surface area contributed by atoms with Crippen molar-refractivity contribution < 1.29 is 9.53 Å².